The van der Waals surface area contributed by atoms with E-state index in [1.165, 1.54) is 17.0 Å². The highest BCUT2D eigenvalue weighted by Gasteiger charge is 2.16. The molecule has 4 rings (SSSR count). The number of fused-ring (bicyclic) bond motifs is 1. The Bertz CT molecular complexity index is 968. The molecule has 4 heterocycles. The molecule has 4 aromatic rings. The summed E-state index contributed by atoms with van der Waals surface area (Å²) in [7, 11) is 0. The van der Waals surface area contributed by atoms with Crippen LogP contribution in [0.5, 0.6) is 0 Å². The molecule has 0 aliphatic rings. The van der Waals surface area contributed by atoms with E-state index in [1.54, 1.807) is 24.3 Å². The van der Waals surface area contributed by atoms with Crippen LogP contribution in [0, 0.1) is 0 Å². The summed E-state index contributed by atoms with van der Waals surface area (Å²) in [6, 6.07) is 6.60. The molecule has 0 spiro atoms. The molecule has 0 amide bonds. The average Bonchev–Trinajstić information content (AvgIpc) is 3.25. The quantitative estimate of drug-likeness (QED) is 0.575. The van der Waals surface area contributed by atoms with E-state index in [9.17, 15) is 4.79 Å². The van der Waals surface area contributed by atoms with E-state index >= 15 is 0 Å². The molecule has 0 saturated heterocycles. The van der Waals surface area contributed by atoms with Crippen LogP contribution >= 0.6 is 0 Å². The lowest BCUT2D eigenvalue weighted by atomic mass is 10.2. The standard InChI is InChI=1S/C14H9N5O3/c15-11-6-9(12-8(7-20)3-5-22-12)16-14-17-13(18-19(11)14)10-2-1-4-21-10/h1-7H,15H2. The molecular formula is C14H9N5O3. The second-order valence-electron chi connectivity index (χ2n) is 4.51. The fourth-order valence-corrected chi connectivity index (χ4v) is 2.14. The molecule has 0 atom stereocenters. The Morgan fingerprint density at radius 2 is 2.09 bits per heavy atom. The maximum Gasteiger partial charge on any atom is 0.255 e. The van der Waals surface area contributed by atoms with Gasteiger partial charge < -0.3 is 14.6 Å². The van der Waals surface area contributed by atoms with Crippen LogP contribution in [-0.2, 0) is 0 Å². The Balaban J connectivity index is 1.91. The third-order valence-electron chi connectivity index (χ3n) is 3.14. The number of furan rings is 2. The second kappa shape index (κ2) is 4.55. The first kappa shape index (κ1) is 12.3. The lowest BCUT2D eigenvalue weighted by Crippen LogP contribution is -2.01. The number of carbonyl (C=O) groups excluding carboxylic acids is 1. The van der Waals surface area contributed by atoms with Gasteiger partial charge in [-0.25, -0.2) is 4.98 Å². The summed E-state index contributed by atoms with van der Waals surface area (Å²) in [5.41, 5.74) is 6.78. The summed E-state index contributed by atoms with van der Waals surface area (Å²) in [6.07, 6.45) is 3.64. The van der Waals surface area contributed by atoms with Crippen LogP contribution in [0.4, 0.5) is 5.82 Å². The van der Waals surface area contributed by atoms with E-state index in [4.69, 9.17) is 14.6 Å². The number of aldehydes is 1. The van der Waals surface area contributed by atoms with Gasteiger partial charge in [-0.3, -0.25) is 4.79 Å². The fraction of sp³-hybridized carbons (Fsp3) is 0. The number of hydrogen-bond acceptors (Lipinski definition) is 7. The number of carbonyl (C=O) groups is 1. The number of nitrogens with two attached hydrogens (primary N) is 1. The summed E-state index contributed by atoms with van der Waals surface area (Å²) >= 11 is 0. The van der Waals surface area contributed by atoms with Gasteiger partial charge >= 0.3 is 0 Å². The van der Waals surface area contributed by atoms with Gasteiger partial charge in [-0.15, -0.1) is 5.10 Å². The van der Waals surface area contributed by atoms with Gasteiger partial charge in [0.2, 0.25) is 5.82 Å². The lowest BCUT2D eigenvalue weighted by Gasteiger charge is -2.01. The Morgan fingerprint density at radius 1 is 1.18 bits per heavy atom. The molecule has 0 radical (unpaired) electrons. The first-order chi connectivity index (χ1) is 10.8. The van der Waals surface area contributed by atoms with Crippen LogP contribution in [0.3, 0.4) is 0 Å². The van der Waals surface area contributed by atoms with E-state index in [-0.39, 0.29) is 5.78 Å². The second-order valence-corrected chi connectivity index (χ2v) is 4.51. The largest absolute Gasteiger partial charge is 0.462 e. The molecule has 0 bridgehead atoms. The van der Waals surface area contributed by atoms with Crippen LogP contribution in [0.2, 0.25) is 0 Å². The van der Waals surface area contributed by atoms with Gasteiger partial charge in [0.1, 0.15) is 11.5 Å². The highest BCUT2D eigenvalue weighted by molar-refractivity contribution is 5.84. The Morgan fingerprint density at radius 3 is 2.86 bits per heavy atom. The van der Waals surface area contributed by atoms with Gasteiger partial charge in [-0.05, 0) is 18.2 Å². The van der Waals surface area contributed by atoms with Gasteiger partial charge in [0.05, 0.1) is 18.1 Å². The number of aromatic nitrogens is 4. The molecule has 8 nitrogen and oxygen atoms in total. The zero-order valence-electron chi connectivity index (χ0n) is 11.1. The maximum atomic E-state index is 11.0. The van der Waals surface area contributed by atoms with Crippen LogP contribution in [0.1, 0.15) is 10.4 Å². The number of anilines is 1. The molecule has 22 heavy (non-hydrogen) atoms. The van der Waals surface area contributed by atoms with Crippen molar-refractivity contribution < 1.29 is 13.6 Å². The minimum absolute atomic E-state index is 0.287. The van der Waals surface area contributed by atoms with Gasteiger partial charge in [0, 0.05) is 6.07 Å². The van der Waals surface area contributed by atoms with Crippen molar-refractivity contribution in [1.29, 1.82) is 0 Å². The SMILES string of the molecule is Nc1cc(-c2occc2C=O)nc2nc(-c3ccco3)nn12. The zero-order valence-corrected chi connectivity index (χ0v) is 11.1. The van der Waals surface area contributed by atoms with Gasteiger partial charge in [-0.2, -0.15) is 9.50 Å². The van der Waals surface area contributed by atoms with Crippen molar-refractivity contribution >= 4 is 17.9 Å². The van der Waals surface area contributed by atoms with Crippen LogP contribution in [0.25, 0.3) is 28.8 Å². The number of nitrogens with zero attached hydrogens (tertiary/aromatic N) is 4. The number of hydrogen-bond donors (Lipinski definition) is 1. The van der Waals surface area contributed by atoms with Crippen LogP contribution in [-0.4, -0.2) is 25.9 Å². The average molecular weight is 295 g/mol. The van der Waals surface area contributed by atoms with Crippen molar-refractivity contribution in [3.8, 4) is 23.0 Å². The molecule has 0 saturated carbocycles. The number of nitrogen functional groups attached to an aromatic ring is 1. The summed E-state index contributed by atoms with van der Waals surface area (Å²) in [5, 5.41) is 4.24. The summed E-state index contributed by atoms with van der Waals surface area (Å²) in [4.78, 5) is 19.6. The van der Waals surface area contributed by atoms with Gasteiger partial charge in [0.15, 0.2) is 17.8 Å². The smallest absolute Gasteiger partial charge is 0.255 e. The third kappa shape index (κ3) is 1.78. The molecule has 0 aliphatic carbocycles. The first-order valence-corrected chi connectivity index (χ1v) is 6.36. The van der Waals surface area contributed by atoms with Crippen molar-refractivity contribution in [3.05, 3.63) is 42.4 Å². The van der Waals surface area contributed by atoms with E-state index in [0.29, 0.717) is 40.7 Å². The molecule has 0 unspecified atom stereocenters. The van der Waals surface area contributed by atoms with Crippen molar-refractivity contribution in [2.75, 3.05) is 5.73 Å². The van der Waals surface area contributed by atoms with E-state index < -0.39 is 0 Å². The summed E-state index contributed by atoms with van der Waals surface area (Å²) in [5.74, 6) is 1.83. The van der Waals surface area contributed by atoms with Crippen LogP contribution in [0.15, 0.2) is 45.6 Å². The molecule has 2 N–H and O–H groups in total. The molecular weight excluding hydrogens is 286 g/mol. The molecule has 0 aromatic carbocycles. The molecule has 0 aliphatic heterocycles. The van der Waals surface area contributed by atoms with E-state index in [2.05, 4.69) is 15.1 Å². The topological polar surface area (TPSA) is 112 Å². The van der Waals surface area contributed by atoms with Gasteiger partial charge in [0.25, 0.3) is 5.78 Å². The zero-order chi connectivity index (χ0) is 15.1. The number of rotatable bonds is 3. The molecule has 4 aromatic heterocycles. The monoisotopic (exact) mass is 295 g/mol. The Hall–Kier alpha value is -3.42. The minimum Gasteiger partial charge on any atom is -0.462 e. The van der Waals surface area contributed by atoms with Crippen molar-refractivity contribution in [2.24, 2.45) is 0 Å². The third-order valence-corrected chi connectivity index (χ3v) is 3.14. The lowest BCUT2D eigenvalue weighted by molar-refractivity contribution is 0.112. The maximum absolute atomic E-state index is 11.0. The Kier molecular flexibility index (Phi) is 2.55. The predicted octanol–water partition coefficient (Wildman–Crippen LogP) is 2.04. The first-order valence-electron chi connectivity index (χ1n) is 6.36. The highest BCUT2D eigenvalue weighted by Crippen LogP contribution is 2.25. The van der Waals surface area contributed by atoms with Gasteiger partial charge in [-0.1, -0.05) is 0 Å². The molecule has 0 fully saturated rings. The van der Waals surface area contributed by atoms with Crippen LogP contribution < -0.4 is 5.73 Å². The van der Waals surface area contributed by atoms with E-state index in [1.807, 2.05) is 0 Å². The summed E-state index contributed by atoms with van der Waals surface area (Å²) in [6.45, 7) is 0. The van der Waals surface area contributed by atoms with Crippen molar-refractivity contribution in [3.63, 3.8) is 0 Å². The van der Waals surface area contributed by atoms with Crippen molar-refractivity contribution in [2.45, 2.75) is 0 Å². The normalized spacial score (nSPS) is 11.1. The minimum atomic E-state index is 0.287. The molecule has 108 valence electrons. The highest BCUT2D eigenvalue weighted by atomic mass is 16.3. The summed E-state index contributed by atoms with van der Waals surface area (Å²) < 4.78 is 11.9. The van der Waals surface area contributed by atoms with E-state index in [0.717, 1.165) is 0 Å². The molecule has 8 heteroatoms. The van der Waals surface area contributed by atoms with Crippen molar-refractivity contribution in [1.82, 2.24) is 19.6 Å². The fourth-order valence-electron chi connectivity index (χ4n) is 2.14. The Labute approximate surface area is 123 Å². The predicted molar refractivity (Wildman–Crippen MR) is 76.0 cm³/mol.